The standard InChI is InChI=1S/C8H9NO5S/c9-7-3-5(8(10)11)1-2-6(7)4-15(12,13)14/h1-3H,4,9H2,(H,10,11)(H,12,13,14). The molecule has 82 valence electrons. The summed E-state index contributed by atoms with van der Waals surface area (Å²) in [5, 5.41) is 8.61. The number of hydrogen-bond acceptors (Lipinski definition) is 4. The largest absolute Gasteiger partial charge is 0.478 e. The van der Waals surface area contributed by atoms with E-state index in [4.69, 9.17) is 15.4 Å². The SMILES string of the molecule is Nc1cc(C(=O)O)ccc1CS(=O)(=O)O. The molecule has 1 rings (SSSR count). The van der Waals surface area contributed by atoms with Gasteiger partial charge in [0.2, 0.25) is 0 Å². The first-order chi connectivity index (χ1) is 6.79. The van der Waals surface area contributed by atoms with Crippen LogP contribution in [0.1, 0.15) is 15.9 Å². The Kier molecular flexibility index (Phi) is 2.96. The van der Waals surface area contributed by atoms with Crippen molar-refractivity contribution in [2.45, 2.75) is 5.75 Å². The summed E-state index contributed by atoms with van der Waals surface area (Å²) in [4.78, 5) is 10.5. The van der Waals surface area contributed by atoms with Crippen LogP contribution >= 0.6 is 0 Å². The van der Waals surface area contributed by atoms with E-state index in [9.17, 15) is 13.2 Å². The van der Waals surface area contributed by atoms with Gasteiger partial charge in [0.1, 0.15) is 5.75 Å². The minimum Gasteiger partial charge on any atom is -0.478 e. The summed E-state index contributed by atoms with van der Waals surface area (Å²) < 4.78 is 29.7. The van der Waals surface area contributed by atoms with Crippen molar-refractivity contribution in [3.63, 3.8) is 0 Å². The maximum atomic E-state index is 10.6. The Morgan fingerprint density at radius 1 is 1.40 bits per heavy atom. The average Bonchev–Trinajstić information content (AvgIpc) is 2.05. The molecule has 0 atom stereocenters. The summed E-state index contributed by atoms with van der Waals surface area (Å²) in [7, 11) is -4.16. The van der Waals surface area contributed by atoms with Crippen LogP contribution in [0.25, 0.3) is 0 Å². The van der Waals surface area contributed by atoms with Crippen LogP contribution in [0.3, 0.4) is 0 Å². The number of carboxylic acids is 1. The number of carbonyl (C=O) groups is 1. The highest BCUT2D eigenvalue weighted by atomic mass is 32.2. The minimum atomic E-state index is -4.16. The lowest BCUT2D eigenvalue weighted by Crippen LogP contribution is -2.06. The monoisotopic (exact) mass is 231 g/mol. The Labute approximate surface area is 86.1 Å². The Hall–Kier alpha value is -1.60. The van der Waals surface area contributed by atoms with Gasteiger partial charge >= 0.3 is 5.97 Å². The number of nitrogen functional groups attached to an aromatic ring is 1. The van der Waals surface area contributed by atoms with E-state index < -0.39 is 21.8 Å². The van der Waals surface area contributed by atoms with Crippen LogP contribution in [-0.4, -0.2) is 24.0 Å². The second-order valence-electron chi connectivity index (χ2n) is 2.94. The lowest BCUT2D eigenvalue weighted by Gasteiger charge is -2.04. The van der Waals surface area contributed by atoms with Gasteiger partial charge in [0.15, 0.2) is 0 Å². The van der Waals surface area contributed by atoms with Crippen LogP contribution < -0.4 is 5.73 Å². The number of carboxylic acid groups (broad SMARTS) is 1. The Balaban J connectivity index is 3.09. The third-order valence-electron chi connectivity index (χ3n) is 1.73. The van der Waals surface area contributed by atoms with E-state index in [1.807, 2.05) is 0 Å². The molecule has 0 radical (unpaired) electrons. The van der Waals surface area contributed by atoms with Crippen molar-refractivity contribution in [1.82, 2.24) is 0 Å². The molecule has 0 heterocycles. The van der Waals surface area contributed by atoms with Gasteiger partial charge in [0.25, 0.3) is 10.1 Å². The van der Waals surface area contributed by atoms with E-state index in [1.165, 1.54) is 12.1 Å². The van der Waals surface area contributed by atoms with Crippen LogP contribution in [0, 0.1) is 0 Å². The summed E-state index contributed by atoms with van der Waals surface area (Å²) in [6.07, 6.45) is 0. The zero-order chi connectivity index (χ0) is 11.6. The normalized spacial score (nSPS) is 11.3. The molecule has 0 fully saturated rings. The van der Waals surface area contributed by atoms with E-state index in [2.05, 4.69) is 0 Å². The predicted octanol–water partition coefficient (Wildman–Crippen LogP) is 0.355. The van der Waals surface area contributed by atoms with E-state index in [0.29, 0.717) is 0 Å². The van der Waals surface area contributed by atoms with Crippen molar-refractivity contribution in [1.29, 1.82) is 0 Å². The van der Waals surface area contributed by atoms with Gasteiger partial charge in [-0.3, -0.25) is 4.55 Å². The van der Waals surface area contributed by atoms with Gasteiger partial charge in [-0.25, -0.2) is 4.79 Å². The maximum Gasteiger partial charge on any atom is 0.335 e. The van der Waals surface area contributed by atoms with Crippen LogP contribution in [-0.2, 0) is 15.9 Å². The fraction of sp³-hybridized carbons (Fsp3) is 0.125. The van der Waals surface area contributed by atoms with Crippen molar-refractivity contribution in [3.05, 3.63) is 29.3 Å². The molecule has 0 spiro atoms. The first-order valence-corrected chi connectivity index (χ1v) is 5.47. The third kappa shape index (κ3) is 3.22. The minimum absolute atomic E-state index is 0.0209. The molecule has 0 aliphatic heterocycles. The highest BCUT2D eigenvalue weighted by Gasteiger charge is 2.11. The molecule has 0 aliphatic rings. The number of rotatable bonds is 3. The van der Waals surface area contributed by atoms with Crippen LogP contribution in [0.5, 0.6) is 0 Å². The molecule has 0 saturated heterocycles. The summed E-state index contributed by atoms with van der Waals surface area (Å²) in [6.45, 7) is 0. The van der Waals surface area contributed by atoms with Crippen LogP contribution in [0.4, 0.5) is 5.69 Å². The first kappa shape index (κ1) is 11.5. The second kappa shape index (κ2) is 3.87. The molecule has 1 aromatic carbocycles. The maximum absolute atomic E-state index is 10.6. The molecule has 1 aromatic rings. The van der Waals surface area contributed by atoms with Crippen LogP contribution in [0.15, 0.2) is 18.2 Å². The first-order valence-electron chi connectivity index (χ1n) is 3.86. The lowest BCUT2D eigenvalue weighted by molar-refractivity contribution is 0.0697. The highest BCUT2D eigenvalue weighted by Crippen LogP contribution is 2.16. The third-order valence-corrected chi connectivity index (χ3v) is 2.41. The van der Waals surface area contributed by atoms with Gasteiger partial charge in [0, 0.05) is 5.69 Å². The lowest BCUT2D eigenvalue weighted by atomic mass is 10.1. The molecule has 6 nitrogen and oxygen atoms in total. The summed E-state index contributed by atoms with van der Waals surface area (Å²) in [6, 6.07) is 3.62. The van der Waals surface area contributed by atoms with Gasteiger partial charge in [0.05, 0.1) is 5.56 Å². The summed E-state index contributed by atoms with van der Waals surface area (Å²) in [5.74, 6) is -1.78. The molecule has 7 heteroatoms. The Morgan fingerprint density at radius 2 is 2.00 bits per heavy atom. The Morgan fingerprint density at radius 3 is 2.40 bits per heavy atom. The van der Waals surface area contributed by atoms with Gasteiger partial charge in [-0.1, -0.05) is 6.07 Å². The van der Waals surface area contributed by atoms with Crippen molar-refractivity contribution in [3.8, 4) is 0 Å². The molecule has 4 N–H and O–H groups in total. The molecule has 0 bridgehead atoms. The molecule has 15 heavy (non-hydrogen) atoms. The van der Waals surface area contributed by atoms with Crippen molar-refractivity contribution < 1.29 is 22.9 Å². The molecule has 0 unspecified atom stereocenters. The second-order valence-corrected chi connectivity index (χ2v) is 4.40. The molecule has 0 saturated carbocycles. The number of benzene rings is 1. The zero-order valence-corrected chi connectivity index (χ0v) is 8.36. The summed E-state index contributed by atoms with van der Waals surface area (Å²) >= 11 is 0. The number of anilines is 1. The van der Waals surface area contributed by atoms with Crippen molar-refractivity contribution in [2.75, 3.05) is 5.73 Å². The van der Waals surface area contributed by atoms with E-state index in [0.717, 1.165) is 6.07 Å². The summed E-state index contributed by atoms with van der Waals surface area (Å²) in [5.41, 5.74) is 5.58. The average molecular weight is 231 g/mol. The topological polar surface area (TPSA) is 118 Å². The molecule has 0 aromatic heterocycles. The van der Waals surface area contributed by atoms with Crippen LogP contribution in [0.2, 0.25) is 0 Å². The molecular formula is C8H9NO5S. The van der Waals surface area contributed by atoms with Gasteiger partial charge in [-0.05, 0) is 17.7 Å². The fourth-order valence-corrected chi connectivity index (χ4v) is 1.71. The number of hydrogen-bond donors (Lipinski definition) is 3. The van der Waals surface area contributed by atoms with Crippen molar-refractivity contribution in [2.24, 2.45) is 0 Å². The van der Waals surface area contributed by atoms with Gasteiger partial charge in [-0.2, -0.15) is 8.42 Å². The quantitative estimate of drug-likeness (QED) is 0.510. The zero-order valence-electron chi connectivity index (χ0n) is 7.54. The highest BCUT2D eigenvalue weighted by molar-refractivity contribution is 7.85. The van der Waals surface area contributed by atoms with E-state index in [1.54, 1.807) is 0 Å². The number of nitrogens with two attached hydrogens (primary N) is 1. The smallest absolute Gasteiger partial charge is 0.335 e. The Bertz CT molecular complexity index is 494. The fourth-order valence-electron chi connectivity index (χ4n) is 1.06. The van der Waals surface area contributed by atoms with Gasteiger partial charge < -0.3 is 10.8 Å². The molecule has 0 amide bonds. The van der Waals surface area contributed by atoms with E-state index >= 15 is 0 Å². The molecular weight excluding hydrogens is 222 g/mol. The number of aromatic carboxylic acids is 1. The van der Waals surface area contributed by atoms with Gasteiger partial charge in [-0.15, -0.1) is 0 Å². The molecule has 0 aliphatic carbocycles. The van der Waals surface area contributed by atoms with Crippen molar-refractivity contribution >= 4 is 21.8 Å². The van der Waals surface area contributed by atoms with E-state index in [-0.39, 0.29) is 16.8 Å². The predicted molar refractivity (Wildman–Crippen MR) is 53.1 cm³/mol.